The summed E-state index contributed by atoms with van der Waals surface area (Å²) in [6.07, 6.45) is 0. The van der Waals surface area contributed by atoms with Crippen LogP contribution in [-0.2, 0) is 0 Å². The summed E-state index contributed by atoms with van der Waals surface area (Å²) in [5.41, 5.74) is 0.902. The average molecular weight is 295 g/mol. The number of hydrogen-bond donors (Lipinski definition) is 0. The average Bonchev–Trinajstić information content (AvgIpc) is 2.01. The van der Waals surface area contributed by atoms with Crippen LogP contribution in [0.15, 0.2) is 27.1 Å². The van der Waals surface area contributed by atoms with E-state index in [2.05, 4.69) is 38.8 Å². The van der Waals surface area contributed by atoms with Crippen molar-refractivity contribution in [2.75, 3.05) is 6.67 Å². The molecule has 0 heterocycles. The maximum atomic E-state index is 12.2. The van der Waals surface area contributed by atoms with E-state index in [1.54, 1.807) is 0 Å². The molecule has 0 saturated carbocycles. The molecular formula is C9H8Br2F. The predicted molar refractivity (Wildman–Crippen MR) is 55.9 cm³/mol. The lowest BCUT2D eigenvalue weighted by atomic mass is 10.0. The molecule has 1 atom stereocenters. The summed E-state index contributed by atoms with van der Waals surface area (Å²) in [4.78, 5) is 0. The molecule has 12 heavy (non-hydrogen) atoms. The second-order valence-electron chi connectivity index (χ2n) is 2.55. The Morgan fingerprint density at radius 3 is 2.17 bits per heavy atom. The first-order valence-corrected chi connectivity index (χ1v) is 5.07. The normalized spacial score (nSPS) is 13.0. The second-order valence-corrected chi connectivity index (χ2v) is 4.39. The molecule has 0 aliphatic carbocycles. The smallest absolute Gasteiger partial charge is 0.0962 e. The topological polar surface area (TPSA) is 0 Å². The van der Waals surface area contributed by atoms with Gasteiger partial charge in [0, 0.05) is 14.9 Å². The van der Waals surface area contributed by atoms with Gasteiger partial charge >= 0.3 is 0 Å². The third-order valence-corrected chi connectivity index (χ3v) is 2.46. The third kappa shape index (κ3) is 2.56. The van der Waals surface area contributed by atoms with Crippen molar-refractivity contribution in [2.45, 2.75) is 5.92 Å². The Balaban J connectivity index is 3.00. The van der Waals surface area contributed by atoms with E-state index in [1.807, 2.05) is 18.2 Å². The quantitative estimate of drug-likeness (QED) is 0.770. The van der Waals surface area contributed by atoms with Crippen LogP contribution in [0.2, 0.25) is 0 Å². The molecule has 65 valence electrons. The van der Waals surface area contributed by atoms with Gasteiger partial charge in [-0.3, -0.25) is 4.39 Å². The van der Waals surface area contributed by atoms with E-state index in [0.29, 0.717) is 0 Å². The lowest BCUT2D eigenvalue weighted by Crippen LogP contribution is -1.95. The van der Waals surface area contributed by atoms with E-state index >= 15 is 0 Å². The minimum absolute atomic E-state index is 0.279. The van der Waals surface area contributed by atoms with Crippen molar-refractivity contribution in [3.63, 3.8) is 0 Å². The Morgan fingerprint density at radius 2 is 1.75 bits per heavy atom. The Bertz CT molecular complexity index is 253. The van der Waals surface area contributed by atoms with E-state index in [1.165, 1.54) is 0 Å². The SMILES string of the molecule is [CH2]C(CF)c1cc(Br)cc(Br)c1. The maximum absolute atomic E-state index is 12.2. The summed E-state index contributed by atoms with van der Waals surface area (Å²) >= 11 is 6.66. The van der Waals surface area contributed by atoms with Crippen LogP contribution in [0.4, 0.5) is 4.39 Å². The van der Waals surface area contributed by atoms with E-state index in [9.17, 15) is 4.39 Å². The van der Waals surface area contributed by atoms with Crippen molar-refractivity contribution < 1.29 is 4.39 Å². The standard InChI is InChI=1S/C9H8Br2F/c1-6(5-12)7-2-8(10)4-9(11)3-7/h2-4,6H,1,5H2. The van der Waals surface area contributed by atoms with Gasteiger partial charge in [-0.2, -0.15) is 0 Å². The molecule has 3 heteroatoms. The lowest BCUT2D eigenvalue weighted by molar-refractivity contribution is 0.465. The van der Waals surface area contributed by atoms with Crippen molar-refractivity contribution >= 4 is 31.9 Å². The van der Waals surface area contributed by atoms with Crippen molar-refractivity contribution in [1.82, 2.24) is 0 Å². The molecular weight excluding hydrogens is 287 g/mol. The fourth-order valence-corrected chi connectivity index (χ4v) is 2.23. The van der Waals surface area contributed by atoms with Gasteiger partial charge in [0.15, 0.2) is 0 Å². The zero-order chi connectivity index (χ0) is 9.14. The fourth-order valence-electron chi connectivity index (χ4n) is 0.900. The van der Waals surface area contributed by atoms with Crippen LogP contribution in [-0.4, -0.2) is 6.67 Å². The first-order valence-electron chi connectivity index (χ1n) is 3.48. The Labute approximate surface area is 88.4 Å². The molecule has 0 amide bonds. The molecule has 1 aromatic rings. The van der Waals surface area contributed by atoms with Crippen molar-refractivity contribution in [1.29, 1.82) is 0 Å². The van der Waals surface area contributed by atoms with Gasteiger partial charge in [-0.05, 0) is 30.7 Å². The minimum atomic E-state index is -0.428. The van der Waals surface area contributed by atoms with Crippen LogP contribution in [0.25, 0.3) is 0 Å². The molecule has 0 aliphatic rings. The molecule has 0 nitrogen and oxygen atoms in total. The highest BCUT2D eigenvalue weighted by Crippen LogP contribution is 2.25. The Kier molecular flexibility index (Phi) is 3.72. The molecule has 1 aromatic carbocycles. The van der Waals surface area contributed by atoms with Crippen LogP contribution >= 0.6 is 31.9 Å². The van der Waals surface area contributed by atoms with Gasteiger partial charge in [0.05, 0.1) is 6.67 Å². The monoisotopic (exact) mass is 293 g/mol. The summed E-state index contributed by atoms with van der Waals surface area (Å²) in [6, 6.07) is 5.67. The predicted octanol–water partition coefficient (Wildman–Crippen LogP) is 4.10. The molecule has 0 spiro atoms. The first-order chi connectivity index (χ1) is 5.63. The highest BCUT2D eigenvalue weighted by molar-refractivity contribution is 9.11. The number of rotatable bonds is 2. The van der Waals surface area contributed by atoms with Gasteiger partial charge in [-0.25, -0.2) is 0 Å². The molecule has 1 unspecified atom stereocenters. The molecule has 1 rings (SSSR count). The molecule has 0 fully saturated rings. The maximum Gasteiger partial charge on any atom is 0.0962 e. The number of halogens is 3. The van der Waals surface area contributed by atoms with Crippen LogP contribution in [0.5, 0.6) is 0 Å². The highest BCUT2D eigenvalue weighted by Gasteiger charge is 2.06. The van der Waals surface area contributed by atoms with Crippen LogP contribution in [0, 0.1) is 6.92 Å². The number of alkyl halides is 1. The van der Waals surface area contributed by atoms with Gasteiger partial charge in [0.25, 0.3) is 0 Å². The van der Waals surface area contributed by atoms with Gasteiger partial charge in [0.2, 0.25) is 0 Å². The molecule has 0 aromatic heterocycles. The summed E-state index contributed by atoms with van der Waals surface area (Å²) in [5, 5.41) is 0. The Hall–Kier alpha value is 0.110. The van der Waals surface area contributed by atoms with Gasteiger partial charge in [0.1, 0.15) is 0 Å². The zero-order valence-electron chi connectivity index (χ0n) is 6.36. The summed E-state index contributed by atoms with van der Waals surface area (Å²) in [7, 11) is 0. The van der Waals surface area contributed by atoms with Crippen molar-refractivity contribution in [2.24, 2.45) is 0 Å². The zero-order valence-corrected chi connectivity index (χ0v) is 9.53. The van der Waals surface area contributed by atoms with E-state index < -0.39 is 6.67 Å². The molecule has 0 bridgehead atoms. The van der Waals surface area contributed by atoms with E-state index in [4.69, 9.17) is 0 Å². The highest BCUT2D eigenvalue weighted by atomic mass is 79.9. The van der Waals surface area contributed by atoms with Crippen molar-refractivity contribution in [3.8, 4) is 0 Å². The number of benzene rings is 1. The van der Waals surface area contributed by atoms with Gasteiger partial charge in [-0.1, -0.05) is 31.9 Å². The van der Waals surface area contributed by atoms with Crippen LogP contribution in [0.1, 0.15) is 11.5 Å². The molecule has 1 radical (unpaired) electrons. The van der Waals surface area contributed by atoms with E-state index in [-0.39, 0.29) is 5.92 Å². The van der Waals surface area contributed by atoms with Gasteiger partial charge < -0.3 is 0 Å². The molecule has 0 N–H and O–H groups in total. The van der Waals surface area contributed by atoms with Crippen LogP contribution in [0.3, 0.4) is 0 Å². The van der Waals surface area contributed by atoms with Crippen molar-refractivity contribution in [3.05, 3.63) is 39.6 Å². The van der Waals surface area contributed by atoms with Crippen LogP contribution < -0.4 is 0 Å². The summed E-state index contributed by atoms with van der Waals surface area (Å²) in [6.45, 7) is 3.26. The second kappa shape index (κ2) is 4.38. The summed E-state index contributed by atoms with van der Waals surface area (Å²) in [5.74, 6) is -0.279. The third-order valence-electron chi connectivity index (χ3n) is 1.54. The van der Waals surface area contributed by atoms with Gasteiger partial charge in [-0.15, -0.1) is 0 Å². The number of hydrogen-bond acceptors (Lipinski definition) is 0. The molecule has 0 aliphatic heterocycles. The fraction of sp³-hybridized carbons (Fsp3) is 0.222. The first kappa shape index (κ1) is 10.2. The lowest BCUT2D eigenvalue weighted by Gasteiger charge is -2.07. The minimum Gasteiger partial charge on any atom is -0.250 e. The van der Waals surface area contributed by atoms with E-state index in [0.717, 1.165) is 14.5 Å². The largest absolute Gasteiger partial charge is 0.250 e. The molecule has 0 saturated heterocycles. The Morgan fingerprint density at radius 1 is 1.25 bits per heavy atom. The summed E-state index contributed by atoms with van der Waals surface area (Å²) < 4.78 is 14.1.